The molecule has 0 aliphatic heterocycles. The molecule has 0 spiro atoms. The molecule has 0 aliphatic carbocycles. The van der Waals surface area contributed by atoms with E-state index in [-0.39, 0.29) is 22.6 Å². The first-order valence-corrected chi connectivity index (χ1v) is 8.59. The van der Waals surface area contributed by atoms with Crippen LogP contribution in [0.25, 0.3) is 22.3 Å². The molecule has 3 N–H and O–H groups in total. The summed E-state index contributed by atoms with van der Waals surface area (Å²) in [6.07, 6.45) is 0. The smallest absolute Gasteiger partial charge is 0.295 e. The van der Waals surface area contributed by atoms with Crippen molar-refractivity contribution in [1.29, 1.82) is 0 Å². The van der Waals surface area contributed by atoms with Crippen molar-refractivity contribution < 1.29 is 27.6 Å². The van der Waals surface area contributed by atoms with Crippen LogP contribution >= 0.6 is 0 Å². The van der Waals surface area contributed by atoms with Crippen LogP contribution in [0.3, 0.4) is 0 Å². The molecule has 0 atom stereocenters. The molecule has 0 aliphatic rings. The highest BCUT2D eigenvalue weighted by molar-refractivity contribution is 7.86. The van der Waals surface area contributed by atoms with Crippen LogP contribution in [0.5, 0.6) is 11.5 Å². The molecule has 0 heterocycles. The van der Waals surface area contributed by atoms with Crippen LogP contribution in [0, 0.1) is 5.82 Å². The molecule has 3 aromatic rings. The molecule has 0 saturated heterocycles. The fourth-order valence-corrected chi connectivity index (χ4v) is 3.49. The van der Waals surface area contributed by atoms with E-state index in [2.05, 4.69) is 0 Å². The highest BCUT2D eigenvalue weighted by Crippen LogP contribution is 2.37. The molecule has 25 heavy (non-hydrogen) atoms. The third-order valence-electron chi connectivity index (χ3n) is 3.67. The van der Waals surface area contributed by atoms with E-state index in [1.54, 1.807) is 0 Å². The van der Waals surface area contributed by atoms with Gasteiger partial charge in [-0.25, -0.2) is 4.39 Å². The first-order valence-electron chi connectivity index (χ1n) is 7.15. The number of halogens is 1. The van der Waals surface area contributed by atoms with Crippen molar-refractivity contribution in [3.05, 3.63) is 66.5 Å². The van der Waals surface area contributed by atoms with Crippen molar-refractivity contribution >= 4 is 10.1 Å². The first-order chi connectivity index (χ1) is 11.8. The minimum absolute atomic E-state index is 0.0349. The molecule has 0 fully saturated rings. The minimum Gasteiger partial charge on any atom is -0.508 e. The molecular formula is C18H13FO5S. The van der Waals surface area contributed by atoms with Gasteiger partial charge in [0.15, 0.2) is 0 Å². The Hall–Kier alpha value is -2.90. The van der Waals surface area contributed by atoms with Crippen LogP contribution in [0.15, 0.2) is 65.6 Å². The van der Waals surface area contributed by atoms with E-state index < -0.39 is 20.8 Å². The van der Waals surface area contributed by atoms with E-state index in [4.69, 9.17) is 0 Å². The number of hydrogen-bond acceptors (Lipinski definition) is 4. The van der Waals surface area contributed by atoms with E-state index in [0.29, 0.717) is 11.1 Å². The van der Waals surface area contributed by atoms with E-state index in [1.807, 2.05) is 0 Å². The Morgan fingerprint density at radius 2 is 1.08 bits per heavy atom. The molecule has 0 amide bonds. The molecule has 3 rings (SSSR count). The van der Waals surface area contributed by atoms with Gasteiger partial charge in [0.2, 0.25) is 0 Å². The standard InChI is InChI=1S/C18H13FO5S/c19-13-9-16(11-1-5-14(20)6-2-11)18(25(22,23)24)17(10-13)12-3-7-15(21)8-4-12/h1-10,20-21H,(H,22,23,24). The Morgan fingerprint density at radius 3 is 1.40 bits per heavy atom. The zero-order valence-electron chi connectivity index (χ0n) is 12.7. The van der Waals surface area contributed by atoms with Crippen molar-refractivity contribution in [3.8, 4) is 33.8 Å². The fraction of sp³-hybridized carbons (Fsp3) is 0. The molecule has 0 saturated carbocycles. The van der Waals surface area contributed by atoms with Gasteiger partial charge in [0.1, 0.15) is 22.2 Å². The summed E-state index contributed by atoms with van der Waals surface area (Å²) < 4.78 is 47.9. The Bertz CT molecular complexity index is 960. The largest absolute Gasteiger partial charge is 0.508 e. The van der Waals surface area contributed by atoms with Gasteiger partial charge in [-0.1, -0.05) is 24.3 Å². The monoisotopic (exact) mass is 360 g/mol. The lowest BCUT2D eigenvalue weighted by molar-refractivity contribution is 0.475. The van der Waals surface area contributed by atoms with Crippen LogP contribution in [0.1, 0.15) is 0 Å². The van der Waals surface area contributed by atoms with Gasteiger partial charge < -0.3 is 10.2 Å². The molecule has 0 bridgehead atoms. The Labute approximate surface area is 143 Å². The van der Waals surface area contributed by atoms with Crippen LogP contribution in [-0.4, -0.2) is 23.2 Å². The zero-order valence-corrected chi connectivity index (χ0v) is 13.5. The van der Waals surface area contributed by atoms with E-state index in [9.17, 15) is 27.6 Å². The lowest BCUT2D eigenvalue weighted by Gasteiger charge is -2.14. The van der Waals surface area contributed by atoms with Gasteiger partial charge >= 0.3 is 0 Å². The van der Waals surface area contributed by atoms with E-state index >= 15 is 0 Å². The van der Waals surface area contributed by atoms with Crippen LogP contribution in [-0.2, 0) is 10.1 Å². The van der Waals surface area contributed by atoms with Gasteiger partial charge in [-0.15, -0.1) is 0 Å². The lowest BCUT2D eigenvalue weighted by Crippen LogP contribution is -2.04. The number of aromatic hydroxyl groups is 2. The number of rotatable bonds is 3. The zero-order chi connectivity index (χ0) is 18.2. The average molecular weight is 360 g/mol. The lowest BCUT2D eigenvalue weighted by atomic mass is 9.98. The van der Waals surface area contributed by atoms with Crippen molar-refractivity contribution in [2.45, 2.75) is 4.90 Å². The maximum atomic E-state index is 14.2. The quantitative estimate of drug-likeness (QED) is 0.617. The summed E-state index contributed by atoms with van der Waals surface area (Å²) in [4.78, 5) is -0.453. The molecule has 0 radical (unpaired) electrons. The second kappa shape index (κ2) is 6.19. The summed E-state index contributed by atoms with van der Waals surface area (Å²) in [6.45, 7) is 0. The van der Waals surface area contributed by atoms with Gasteiger partial charge in [-0.2, -0.15) is 8.42 Å². The SMILES string of the molecule is O=S(=O)(O)c1c(-c2ccc(O)cc2)cc(F)cc1-c1ccc(O)cc1. The van der Waals surface area contributed by atoms with Crippen LogP contribution in [0.4, 0.5) is 4.39 Å². The molecule has 7 heteroatoms. The summed E-state index contributed by atoms with van der Waals surface area (Å²) in [6, 6.07) is 13.0. The van der Waals surface area contributed by atoms with Crippen molar-refractivity contribution in [2.24, 2.45) is 0 Å². The summed E-state index contributed by atoms with van der Waals surface area (Å²) >= 11 is 0. The summed E-state index contributed by atoms with van der Waals surface area (Å²) in [5.74, 6) is -0.766. The number of benzene rings is 3. The Kier molecular flexibility index (Phi) is 4.20. The van der Waals surface area contributed by atoms with Gasteiger partial charge in [0, 0.05) is 11.1 Å². The van der Waals surface area contributed by atoms with Crippen LogP contribution in [0.2, 0.25) is 0 Å². The summed E-state index contributed by atoms with van der Waals surface area (Å²) in [7, 11) is -4.69. The third-order valence-corrected chi connectivity index (χ3v) is 4.62. The molecule has 3 aromatic carbocycles. The normalized spacial score (nSPS) is 11.4. The molecular weight excluding hydrogens is 347 g/mol. The van der Waals surface area contributed by atoms with Gasteiger partial charge in [-0.05, 0) is 47.5 Å². The minimum atomic E-state index is -4.69. The Morgan fingerprint density at radius 1 is 0.720 bits per heavy atom. The highest BCUT2D eigenvalue weighted by Gasteiger charge is 2.24. The second-order valence-electron chi connectivity index (χ2n) is 5.40. The highest BCUT2D eigenvalue weighted by atomic mass is 32.2. The fourth-order valence-electron chi connectivity index (χ4n) is 2.58. The molecule has 0 aromatic heterocycles. The number of phenolic OH excluding ortho intramolecular Hbond substituents is 2. The van der Waals surface area contributed by atoms with Gasteiger partial charge in [0.25, 0.3) is 10.1 Å². The van der Waals surface area contributed by atoms with E-state index in [1.165, 1.54) is 48.5 Å². The number of hydrogen-bond donors (Lipinski definition) is 3. The molecule has 5 nitrogen and oxygen atoms in total. The number of phenols is 2. The van der Waals surface area contributed by atoms with Gasteiger partial charge in [-0.3, -0.25) is 4.55 Å². The molecule has 0 unspecified atom stereocenters. The topological polar surface area (TPSA) is 94.8 Å². The first kappa shape index (κ1) is 16.9. The maximum absolute atomic E-state index is 14.2. The predicted molar refractivity (Wildman–Crippen MR) is 90.4 cm³/mol. The van der Waals surface area contributed by atoms with Crippen molar-refractivity contribution in [1.82, 2.24) is 0 Å². The van der Waals surface area contributed by atoms with Crippen LogP contribution < -0.4 is 0 Å². The predicted octanol–water partition coefficient (Wildman–Crippen LogP) is 3.82. The Balaban J connectivity index is 2.36. The second-order valence-corrected chi connectivity index (χ2v) is 6.76. The van der Waals surface area contributed by atoms with Gasteiger partial charge in [0.05, 0.1) is 0 Å². The van der Waals surface area contributed by atoms with Crippen molar-refractivity contribution in [2.75, 3.05) is 0 Å². The summed E-state index contributed by atoms with van der Waals surface area (Å²) in [5.41, 5.74) is 0.547. The van der Waals surface area contributed by atoms with Crippen molar-refractivity contribution in [3.63, 3.8) is 0 Å². The average Bonchev–Trinajstić information content (AvgIpc) is 2.54. The molecule has 128 valence electrons. The summed E-state index contributed by atoms with van der Waals surface area (Å²) in [5, 5.41) is 18.8. The van der Waals surface area contributed by atoms with E-state index in [0.717, 1.165) is 12.1 Å². The third kappa shape index (κ3) is 3.47. The maximum Gasteiger partial charge on any atom is 0.295 e.